The first-order valence-electron chi connectivity index (χ1n) is 16.5. The summed E-state index contributed by atoms with van der Waals surface area (Å²) in [4.78, 5) is 0. The van der Waals surface area contributed by atoms with Crippen LogP contribution < -0.4 is 0 Å². The van der Waals surface area contributed by atoms with Crippen molar-refractivity contribution in [2.75, 3.05) is 0 Å². The topological polar surface area (TPSA) is 25.8 Å². The molecule has 8 rings (SSSR count). The first-order chi connectivity index (χ1) is 23.8. The molecule has 0 N–H and O–H groups in total. The molecular weight excluding hydrogens is 581 g/mol. The number of nitrogens with zero attached hydrogens (tertiary/aromatic N) is 2. The molecule has 0 saturated heterocycles. The van der Waals surface area contributed by atoms with Crippen LogP contribution in [-0.4, -0.2) is 10.2 Å². The lowest BCUT2D eigenvalue weighted by Gasteiger charge is -2.26. The summed E-state index contributed by atoms with van der Waals surface area (Å²) < 4.78 is 0. The Bertz CT molecular complexity index is 2120. The van der Waals surface area contributed by atoms with Crippen LogP contribution in [0.2, 0.25) is 0 Å². The van der Waals surface area contributed by atoms with Crippen molar-refractivity contribution in [2.45, 2.75) is 12.8 Å². The van der Waals surface area contributed by atoms with E-state index in [1.54, 1.807) is 0 Å². The van der Waals surface area contributed by atoms with E-state index < -0.39 is 0 Å². The molecule has 0 spiro atoms. The van der Waals surface area contributed by atoms with E-state index in [-0.39, 0.29) is 0 Å². The van der Waals surface area contributed by atoms with E-state index in [0.717, 1.165) is 46.1 Å². The minimum absolute atomic E-state index is 0.778. The molecular formula is C46H34N2. The highest BCUT2D eigenvalue weighted by Gasteiger charge is 2.27. The summed E-state index contributed by atoms with van der Waals surface area (Å²) in [6.07, 6.45) is 1.56. The van der Waals surface area contributed by atoms with E-state index in [9.17, 15) is 0 Å². The maximum atomic E-state index is 5.09. The predicted molar refractivity (Wildman–Crippen MR) is 200 cm³/mol. The van der Waals surface area contributed by atoms with Crippen molar-refractivity contribution in [3.63, 3.8) is 0 Å². The molecule has 0 aliphatic rings. The lowest BCUT2D eigenvalue weighted by atomic mass is 9.78. The predicted octanol–water partition coefficient (Wildman–Crippen LogP) is 11.5. The summed E-state index contributed by atoms with van der Waals surface area (Å²) >= 11 is 0. The Hall–Kier alpha value is -6.12. The molecule has 48 heavy (non-hydrogen) atoms. The molecule has 0 aliphatic heterocycles. The molecule has 0 saturated carbocycles. The zero-order valence-electron chi connectivity index (χ0n) is 26.6. The van der Waals surface area contributed by atoms with E-state index in [0.29, 0.717) is 0 Å². The maximum Gasteiger partial charge on any atom is 0.101 e. The van der Waals surface area contributed by atoms with Gasteiger partial charge in [0.1, 0.15) is 11.4 Å². The molecule has 1 aromatic heterocycles. The van der Waals surface area contributed by atoms with Gasteiger partial charge in [0.05, 0.1) is 0 Å². The highest BCUT2D eigenvalue weighted by molar-refractivity contribution is 6.17. The van der Waals surface area contributed by atoms with Gasteiger partial charge in [0, 0.05) is 21.9 Å². The van der Waals surface area contributed by atoms with E-state index in [2.05, 4.69) is 182 Å². The Morgan fingerprint density at radius 2 is 0.562 bits per heavy atom. The van der Waals surface area contributed by atoms with Crippen LogP contribution in [0.25, 0.3) is 55.5 Å². The highest BCUT2D eigenvalue weighted by Crippen LogP contribution is 2.49. The molecule has 0 bridgehead atoms. The third-order valence-electron chi connectivity index (χ3n) is 9.11. The first kappa shape index (κ1) is 29.3. The van der Waals surface area contributed by atoms with Crippen LogP contribution in [0.4, 0.5) is 0 Å². The van der Waals surface area contributed by atoms with Crippen molar-refractivity contribution < 1.29 is 0 Å². The molecule has 0 unspecified atom stereocenters. The largest absolute Gasteiger partial charge is 0.149 e. The average molecular weight is 615 g/mol. The Kier molecular flexibility index (Phi) is 8.13. The molecule has 1 heterocycles. The quantitative estimate of drug-likeness (QED) is 0.170. The van der Waals surface area contributed by atoms with Gasteiger partial charge in [-0.1, -0.05) is 182 Å². The number of fused-ring (bicyclic) bond motifs is 1. The van der Waals surface area contributed by atoms with Crippen molar-refractivity contribution in [1.82, 2.24) is 10.2 Å². The molecule has 228 valence electrons. The van der Waals surface area contributed by atoms with Crippen LogP contribution in [0.3, 0.4) is 0 Å². The number of benzene rings is 7. The summed E-state index contributed by atoms with van der Waals surface area (Å²) in [7, 11) is 0. The molecule has 2 nitrogen and oxygen atoms in total. The normalized spacial score (nSPS) is 11.1. The first-order valence-corrected chi connectivity index (χ1v) is 16.5. The van der Waals surface area contributed by atoms with Gasteiger partial charge in [0.2, 0.25) is 0 Å². The number of hydrogen-bond acceptors (Lipinski definition) is 2. The Morgan fingerprint density at radius 3 is 0.875 bits per heavy atom. The summed E-state index contributed by atoms with van der Waals surface area (Å²) in [6, 6.07) is 64.5. The SMILES string of the molecule is c1ccc(Cc2c(Cc3ccccc3)c(-c3ccccc3)c3c(-c4ccccc4)nnc(-c4ccccc4)c3c2-c2ccccc2)cc1. The van der Waals surface area contributed by atoms with Crippen molar-refractivity contribution >= 4 is 10.8 Å². The van der Waals surface area contributed by atoms with E-state index in [4.69, 9.17) is 10.2 Å². The van der Waals surface area contributed by atoms with Gasteiger partial charge in [-0.2, -0.15) is 0 Å². The van der Waals surface area contributed by atoms with Gasteiger partial charge in [-0.15, -0.1) is 10.2 Å². The fraction of sp³-hybridized carbons (Fsp3) is 0.0435. The Labute approximate surface area is 282 Å². The number of hydrogen-bond donors (Lipinski definition) is 0. The van der Waals surface area contributed by atoms with Crippen LogP contribution in [0.1, 0.15) is 22.3 Å². The molecule has 0 amide bonds. The second-order valence-corrected chi connectivity index (χ2v) is 12.1. The Balaban J connectivity index is 1.63. The van der Waals surface area contributed by atoms with E-state index in [1.807, 2.05) is 0 Å². The van der Waals surface area contributed by atoms with Crippen molar-refractivity contribution in [3.8, 4) is 44.8 Å². The standard InChI is InChI=1S/C46H34N2/c1-7-19-33(20-8-1)31-39-40(32-34-21-9-2-10-22-34)42(36-25-13-4-14-26-36)44-43(41(39)35-23-11-3-12-24-35)45(37-27-15-5-16-28-37)47-48-46(44)38-29-17-6-18-30-38/h1-30H,31-32H2. The maximum absolute atomic E-state index is 5.09. The molecule has 0 aliphatic carbocycles. The lowest BCUT2D eigenvalue weighted by Crippen LogP contribution is -2.08. The van der Waals surface area contributed by atoms with Gasteiger partial charge in [-0.25, -0.2) is 0 Å². The van der Waals surface area contributed by atoms with Gasteiger partial charge < -0.3 is 0 Å². The van der Waals surface area contributed by atoms with Crippen molar-refractivity contribution in [3.05, 3.63) is 204 Å². The number of aromatic nitrogens is 2. The van der Waals surface area contributed by atoms with Crippen LogP contribution in [0.5, 0.6) is 0 Å². The monoisotopic (exact) mass is 614 g/mol. The molecule has 0 fully saturated rings. The van der Waals surface area contributed by atoms with Gasteiger partial charge >= 0.3 is 0 Å². The van der Waals surface area contributed by atoms with Crippen molar-refractivity contribution in [2.24, 2.45) is 0 Å². The van der Waals surface area contributed by atoms with Crippen LogP contribution in [0, 0.1) is 0 Å². The summed E-state index contributed by atoms with van der Waals surface area (Å²) in [5.74, 6) is 0. The summed E-state index contributed by atoms with van der Waals surface area (Å²) in [6.45, 7) is 0. The smallest absolute Gasteiger partial charge is 0.101 e. The molecule has 0 radical (unpaired) electrons. The van der Waals surface area contributed by atoms with E-state index in [1.165, 1.54) is 44.5 Å². The summed E-state index contributed by atoms with van der Waals surface area (Å²) in [5.41, 5.74) is 13.8. The van der Waals surface area contributed by atoms with Crippen LogP contribution in [-0.2, 0) is 12.8 Å². The molecule has 8 aromatic rings. The second-order valence-electron chi connectivity index (χ2n) is 12.1. The third kappa shape index (κ3) is 5.70. The molecule has 0 atom stereocenters. The Morgan fingerprint density at radius 1 is 0.292 bits per heavy atom. The zero-order valence-corrected chi connectivity index (χ0v) is 26.6. The van der Waals surface area contributed by atoms with Gasteiger partial charge in [-0.3, -0.25) is 0 Å². The van der Waals surface area contributed by atoms with Gasteiger partial charge in [-0.05, 0) is 57.3 Å². The van der Waals surface area contributed by atoms with Crippen LogP contribution >= 0.6 is 0 Å². The second kappa shape index (κ2) is 13.3. The lowest BCUT2D eigenvalue weighted by molar-refractivity contribution is 1.06. The summed E-state index contributed by atoms with van der Waals surface area (Å²) in [5, 5.41) is 12.4. The van der Waals surface area contributed by atoms with Gasteiger partial charge in [0.25, 0.3) is 0 Å². The van der Waals surface area contributed by atoms with Crippen LogP contribution in [0.15, 0.2) is 182 Å². The van der Waals surface area contributed by atoms with E-state index >= 15 is 0 Å². The minimum atomic E-state index is 0.778. The average Bonchev–Trinajstić information content (AvgIpc) is 3.17. The zero-order chi connectivity index (χ0) is 32.1. The minimum Gasteiger partial charge on any atom is -0.149 e. The molecule has 7 aromatic carbocycles. The third-order valence-corrected chi connectivity index (χ3v) is 9.11. The van der Waals surface area contributed by atoms with Crippen molar-refractivity contribution in [1.29, 1.82) is 0 Å². The van der Waals surface area contributed by atoms with Gasteiger partial charge in [0.15, 0.2) is 0 Å². The molecule has 2 heteroatoms. The highest BCUT2D eigenvalue weighted by atomic mass is 15.1. The fourth-order valence-corrected chi connectivity index (χ4v) is 6.96. The number of rotatable bonds is 8. The fourth-order valence-electron chi connectivity index (χ4n) is 6.96.